The normalized spacial score (nSPS) is 26.9. The third kappa shape index (κ3) is 3.38. The van der Waals surface area contributed by atoms with Gasteiger partial charge in [-0.2, -0.15) is 0 Å². The minimum Gasteiger partial charge on any atom is -0.326 e. The zero-order chi connectivity index (χ0) is 17.5. The predicted molar refractivity (Wildman–Crippen MR) is 91.5 cm³/mol. The van der Waals surface area contributed by atoms with Gasteiger partial charge in [-0.3, -0.25) is 9.59 Å². The number of hydrogen-bond acceptors (Lipinski definition) is 4. The molecule has 0 aliphatic heterocycles. The second kappa shape index (κ2) is 6.31. The van der Waals surface area contributed by atoms with Gasteiger partial charge in [-0.1, -0.05) is 12.5 Å². The molecule has 6 heteroatoms. The third-order valence-electron chi connectivity index (χ3n) is 5.31. The Labute approximate surface area is 142 Å². The van der Waals surface area contributed by atoms with Crippen LogP contribution >= 0.6 is 0 Å². The van der Waals surface area contributed by atoms with Gasteiger partial charge in [-0.05, 0) is 50.3 Å². The Morgan fingerprint density at radius 1 is 1.17 bits per heavy atom. The average Bonchev–Trinajstić information content (AvgIpc) is 2.48. The average molecular weight is 349 g/mol. The van der Waals surface area contributed by atoms with E-state index in [1.165, 1.54) is 6.07 Å². The van der Waals surface area contributed by atoms with Crippen LogP contribution in [0.3, 0.4) is 0 Å². The van der Waals surface area contributed by atoms with E-state index in [2.05, 4.69) is 5.32 Å². The summed E-state index contributed by atoms with van der Waals surface area (Å²) < 4.78 is 23.4. The standard InChI is InChI=1S/C18H23NO4S/c1-11-6-7-15(24(2,22)23)10-16(11)19-18(21)14-8-12-4-3-5-13(9-14)17(12)20/h6-7,10,12-14H,3-5,8-9H2,1-2H3,(H,19,21). The highest BCUT2D eigenvalue weighted by Crippen LogP contribution is 2.40. The SMILES string of the molecule is Cc1ccc(S(C)(=O)=O)cc1NC(=O)C1CC2CCCC(C1)C2=O. The van der Waals surface area contributed by atoms with E-state index in [1.807, 2.05) is 6.92 Å². The number of ketones is 1. The summed E-state index contributed by atoms with van der Waals surface area (Å²) in [5.41, 5.74) is 1.35. The smallest absolute Gasteiger partial charge is 0.227 e. The molecule has 2 aliphatic carbocycles. The first-order valence-corrected chi connectivity index (χ1v) is 10.3. The van der Waals surface area contributed by atoms with Crippen LogP contribution in [0.1, 0.15) is 37.7 Å². The van der Waals surface area contributed by atoms with Crippen molar-refractivity contribution in [3.05, 3.63) is 23.8 Å². The summed E-state index contributed by atoms with van der Waals surface area (Å²) in [7, 11) is -3.32. The van der Waals surface area contributed by atoms with Crippen molar-refractivity contribution in [2.45, 2.75) is 43.9 Å². The number of anilines is 1. The molecule has 2 atom stereocenters. The molecule has 3 rings (SSSR count). The van der Waals surface area contributed by atoms with Gasteiger partial charge in [0.1, 0.15) is 5.78 Å². The number of Topliss-reactive ketones (excluding diaryl/α,β-unsaturated/α-hetero) is 1. The van der Waals surface area contributed by atoms with Gasteiger partial charge in [-0.15, -0.1) is 0 Å². The van der Waals surface area contributed by atoms with Crippen LogP contribution in [-0.4, -0.2) is 26.4 Å². The summed E-state index contributed by atoms with van der Waals surface area (Å²) in [6, 6.07) is 4.76. The lowest BCUT2D eigenvalue weighted by atomic mass is 9.67. The lowest BCUT2D eigenvalue weighted by molar-refractivity contribution is -0.136. The molecule has 2 saturated carbocycles. The predicted octanol–water partition coefficient (Wildman–Crippen LogP) is 2.73. The highest BCUT2D eigenvalue weighted by atomic mass is 32.2. The van der Waals surface area contributed by atoms with Crippen molar-refractivity contribution in [1.29, 1.82) is 0 Å². The molecule has 1 amide bonds. The molecule has 1 aromatic rings. The number of hydrogen-bond donors (Lipinski definition) is 1. The molecule has 0 aromatic heterocycles. The van der Waals surface area contributed by atoms with Crippen molar-refractivity contribution < 1.29 is 18.0 Å². The second-order valence-corrected chi connectivity index (χ2v) is 9.15. The summed E-state index contributed by atoms with van der Waals surface area (Å²) in [6.45, 7) is 1.83. The van der Waals surface area contributed by atoms with Crippen LogP contribution in [0, 0.1) is 24.7 Å². The summed E-state index contributed by atoms with van der Waals surface area (Å²) in [6.07, 6.45) is 5.24. The Balaban J connectivity index is 1.77. The third-order valence-corrected chi connectivity index (χ3v) is 6.42. The van der Waals surface area contributed by atoms with Crippen molar-refractivity contribution in [1.82, 2.24) is 0 Å². The van der Waals surface area contributed by atoms with E-state index in [-0.39, 0.29) is 28.6 Å². The van der Waals surface area contributed by atoms with E-state index in [0.29, 0.717) is 24.3 Å². The largest absolute Gasteiger partial charge is 0.326 e. The van der Waals surface area contributed by atoms with Gasteiger partial charge >= 0.3 is 0 Å². The van der Waals surface area contributed by atoms with Crippen LogP contribution < -0.4 is 5.32 Å². The molecule has 1 aromatic carbocycles. The maximum atomic E-state index is 12.6. The monoisotopic (exact) mass is 349 g/mol. The van der Waals surface area contributed by atoms with E-state index < -0.39 is 9.84 Å². The molecular weight excluding hydrogens is 326 g/mol. The highest BCUT2D eigenvalue weighted by Gasteiger charge is 2.41. The quantitative estimate of drug-likeness (QED) is 0.910. The molecular formula is C18H23NO4S. The fourth-order valence-corrected chi connectivity index (χ4v) is 4.54. The zero-order valence-corrected chi connectivity index (χ0v) is 14.9. The van der Waals surface area contributed by atoms with Crippen LogP contribution in [0.4, 0.5) is 5.69 Å². The van der Waals surface area contributed by atoms with Crippen molar-refractivity contribution >= 4 is 27.2 Å². The van der Waals surface area contributed by atoms with Gasteiger partial charge in [0.2, 0.25) is 5.91 Å². The Hall–Kier alpha value is -1.69. The zero-order valence-electron chi connectivity index (χ0n) is 14.0. The molecule has 1 N–H and O–H groups in total. The number of fused-ring (bicyclic) bond motifs is 2. The fourth-order valence-electron chi connectivity index (χ4n) is 3.89. The van der Waals surface area contributed by atoms with Crippen molar-refractivity contribution in [2.24, 2.45) is 17.8 Å². The highest BCUT2D eigenvalue weighted by molar-refractivity contribution is 7.90. The molecule has 2 bridgehead atoms. The van der Waals surface area contributed by atoms with Gasteiger partial charge in [0.15, 0.2) is 9.84 Å². The van der Waals surface area contributed by atoms with E-state index in [4.69, 9.17) is 0 Å². The van der Waals surface area contributed by atoms with Gasteiger partial charge in [0.05, 0.1) is 4.90 Å². The lowest BCUT2D eigenvalue weighted by Crippen LogP contribution is -2.40. The number of nitrogens with one attached hydrogen (secondary N) is 1. The maximum Gasteiger partial charge on any atom is 0.227 e. The van der Waals surface area contributed by atoms with E-state index in [1.54, 1.807) is 12.1 Å². The Morgan fingerprint density at radius 2 is 1.79 bits per heavy atom. The molecule has 0 heterocycles. The van der Waals surface area contributed by atoms with Crippen LogP contribution in [0.2, 0.25) is 0 Å². The van der Waals surface area contributed by atoms with Crippen LogP contribution in [0.25, 0.3) is 0 Å². The lowest BCUT2D eigenvalue weighted by Gasteiger charge is -2.37. The van der Waals surface area contributed by atoms with Crippen LogP contribution in [0.15, 0.2) is 23.1 Å². The fraction of sp³-hybridized carbons (Fsp3) is 0.556. The Kier molecular flexibility index (Phi) is 4.51. The number of benzene rings is 1. The second-order valence-electron chi connectivity index (χ2n) is 7.13. The number of carbonyl (C=O) groups is 2. The molecule has 2 unspecified atom stereocenters. The summed E-state index contributed by atoms with van der Waals surface area (Å²) >= 11 is 0. The Morgan fingerprint density at radius 3 is 2.38 bits per heavy atom. The topological polar surface area (TPSA) is 80.3 Å². The van der Waals surface area contributed by atoms with Crippen LogP contribution in [0.5, 0.6) is 0 Å². The number of rotatable bonds is 3. The molecule has 2 aliphatic rings. The molecule has 2 fully saturated rings. The minimum atomic E-state index is -3.32. The van der Waals surface area contributed by atoms with Gasteiger partial charge in [-0.25, -0.2) is 8.42 Å². The molecule has 24 heavy (non-hydrogen) atoms. The molecule has 0 radical (unpaired) electrons. The first kappa shape index (κ1) is 17.1. The molecule has 0 saturated heterocycles. The summed E-state index contributed by atoms with van der Waals surface area (Å²) in [5.74, 6) is 0.112. The first-order valence-electron chi connectivity index (χ1n) is 8.41. The number of aryl methyl sites for hydroxylation is 1. The Bertz CT molecular complexity index is 768. The number of carbonyl (C=O) groups excluding carboxylic acids is 2. The molecule has 130 valence electrons. The molecule has 5 nitrogen and oxygen atoms in total. The minimum absolute atomic E-state index is 0.0247. The summed E-state index contributed by atoms with van der Waals surface area (Å²) in [5, 5.41) is 2.88. The van der Waals surface area contributed by atoms with Crippen LogP contribution in [-0.2, 0) is 19.4 Å². The van der Waals surface area contributed by atoms with E-state index in [0.717, 1.165) is 31.1 Å². The maximum absolute atomic E-state index is 12.6. The first-order chi connectivity index (χ1) is 11.3. The summed E-state index contributed by atoms with van der Waals surface area (Å²) in [4.78, 5) is 25.0. The number of amides is 1. The van der Waals surface area contributed by atoms with Crippen molar-refractivity contribution in [3.8, 4) is 0 Å². The van der Waals surface area contributed by atoms with Gasteiger partial charge < -0.3 is 5.32 Å². The van der Waals surface area contributed by atoms with Gasteiger partial charge in [0.25, 0.3) is 0 Å². The molecule has 0 spiro atoms. The van der Waals surface area contributed by atoms with Gasteiger partial charge in [0, 0.05) is 29.7 Å². The van der Waals surface area contributed by atoms with Crippen molar-refractivity contribution in [2.75, 3.05) is 11.6 Å². The number of sulfone groups is 1. The van der Waals surface area contributed by atoms with E-state index in [9.17, 15) is 18.0 Å². The van der Waals surface area contributed by atoms with E-state index >= 15 is 0 Å². The van der Waals surface area contributed by atoms with Crippen molar-refractivity contribution in [3.63, 3.8) is 0 Å².